The van der Waals surface area contributed by atoms with Crippen LogP contribution in [-0.4, -0.2) is 49.8 Å². The predicted octanol–water partition coefficient (Wildman–Crippen LogP) is 2.37. The van der Waals surface area contributed by atoms with Crippen LogP contribution >= 0.6 is 11.8 Å². The van der Waals surface area contributed by atoms with E-state index in [1.165, 1.54) is 0 Å². The fourth-order valence-corrected chi connectivity index (χ4v) is 4.12. The molecule has 1 aliphatic rings. The third-order valence-electron chi connectivity index (χ3n) is 4.52. The molecule has 0 N–H and O–H groups in total. The number of carbonyl (C=O) groups excluding carboxylic acids is 1. The number of carbonyl (C=O) groups is 1. The molecule has 1 amide bonds. The summed E-state index contributed by atoms with van der Waals surface area (Å²) in [6.07, 6.45) is 6.59. The van der Waals surface area contributed by atoms with Gasteiger partial charge < -0.3 is 9.42 Å². The average Bonchev–Trinajstić information content (AvgIpc) is 3.13. The molecule has 24 heavy (non-hydrogen) atoms. The molecule has 0 aliphatic carbocycles. The number of amides is 1. The topological polar surface area (TPSA) is 77.0 Å². The highest BCUT2D eigenvalue weighted by Gasteiger charge is 2.22. The number of nitrogens with zero attached hydrogens (tertiary/aromatic N) is 5. The van der Waals surface area contributed by atoms with Crippen LogP contribution < -0.4 is 0 Å². The molecule has 1 atom stereocenters. The van der Waals surface area contributed by atoms with Gasteiger partial charge in [0.15, 0.2) is 0 Å². The molecule has 3 rings (SSSR count). The van der Waals surface area contributed by atoms with Crippen molar-refractivity contribution in [2.24, 2.45) is 0 Å². The van der Waals surface area contributed by atoms with Crippen LogP contribution in [0.25, 0.3) is 0 Å². The smallest absolute Gasteiger partial charge is 0.232 e. The Hall–Kier alpha value is -1.83. The molecule has 3 heterocycles. The van der Waals surface area contributed by atoms with Crippen molar-refractivity contribution >= 4 is 17.7 Å². The minimum atomic E-state index is 0.214. The van der Waals surface area contributed by atoms with E-state index in [4.69, 9.17) is 4.52 Å². The van der Waals surface area contributed by atoms with Crippen LogP contribution in [-0.2, 0) is 10.5 Å². The van der Waals surface area contributed by atoms with Gasteiger partial charge in [0, 0.05) is 30.6 Å². The SMILES string of the molecule is Cc1noc(C)c1CSCC(=O)N1CCCC(n2ccnn2)CC1. The average molecular weight is 349 g/mol. The van der Waals surface area contributed by atoms with Gasteiger partial charge in [-0.05, 0) is 33.1 Å². The van der Waals surface area contributed by atoms with Gasteiger partial charge in [0.05, 0.1) is 23.7 Å². The van der Waals surface area contributed by atoms with Crippen LogP contribution in [0, 0.1) is 13.8 Å². The van der Waals surface area contributed by atoms with E-state index in [-0.39, 0.29) is 5.91 Å². The molecular weight excluding hydrogens is 326 g/mol. The summed E-state index contributed by atoms with van der Waals surface area (Å²) < 4.78 is 7.08. The predicted molar refractivity (Wildman–Crippen MR) is 91.6 cm³/mol. The number of aromatic nitrogens is 4. The fraction of sp³-hybridized carbons (Fsp3) is 0.625. The molecule has 7 nitrogen and oxygen atoms in total. The summed E-state index contributed by atoms with van der Waals surface area (Å²) in [6, 6.07) is 0.347. The van der Waals surface area contributed by atoms with Gasteiger partial charge in [0.1, 0.15) is 5.76 Å². The summed E-state index contributed by atoms with van der Waals surface area (Å²) in [7, 11) is 0. The van der Waals surface area contributed by atoms with E-state index in [1.54, 1.807) is 18.0 Å². The molecular formula is C16H23N5O2S. The van der Waals surface area contributed by atoms with Crippen LogP contribution in [0.3, 0.4) is 0 Å². The van der Waals surface area contributed by atoms with Crippen molar-refractivity contribution in [2.45, 2.75) is 44.9 Å². The molecule has 2 aromatic heterocycles. The van der Waals surface area contributed by atoms with Gasteiger partial charge in [0.25, 0.3) is 0 Å². The molecule has 1 fully saturated rings. The number of hydrogen-bond acceptors (Lipinski definition) is 6. The lowest BCUT2D eigenvalue weighted by Crippen LogP contribution is -2.33. The van der Waals surface area contributed by atoms with Crippen LogP contribution in [0.2, 0.25) is 0 Å². The van der Waals surface area contributed by atoms with E-state index in [0.29, 0.717) is 11.8 Å². The van der Waals surface area contributed by atoms with Crippen molar-refractivity contribution in [2.75, 3.05) is 18.8 Å². The summed E-state index contributed by atoms with van der Waals surface area (Å²) in [4.78, 5) is 14.5. The monoisotopic (exact) mass is 349 g/mol. The highest BCUT2D eigenvalue weighted by molar-refractivity contribution is 7.99. The first-order valence-corrected chi connectivity index (χ1v) is 9.43. The van der Waals surface area contributed by atoms with Crippen LogP contribution in [0.15, 0.2) is 16.9 Å². The molecule has 0 spiro atoms. The normalized spacial score (nSPS) is 18.6. The van der Waals surface area contributed by atoms with E-state index in [0.717, 1.165) is 55.1 Å². The van der Waals surface area contributed by atoms with E-state index in [1.807, 2.05) is 29.6 Å². The van der Waals surface area contributed by atoms with E-state index >= 15 is 0 Å². The van der Waals surface area contributed by atoms with Gasteiger partial charge in [-0.2, -0.15) is 0 Å². The molecule has 0 saturated carbocycles. The van der Waals surface area contributed by atoms with Crippen molar-refractivity contribution in [1.29, 1.82) is 0 Å². The molecule has 130 valence electrons. The van der Waals surface area contributed by atoms with Crippen molar-refractivity contribution in [1.82, 2.24) is 25.1 Å². The van der Waals surface area contributed by atoms with Crippen LogP contribution in [0.5, 0.6) is 0 Å². The molecule has 0 radical (unpaired) electrons. The second kappa shape index (κ2) is 7.83. The largest absolute Gasteiger partial charge is 0.361 e. The Bertz CT molecular complexity index is 651. The minimum Gasteiger partial charge on any atom is -0.361 e. The van der Waals surface area contributed by atoms with Gasteiger partial charge in [-0.15, -0.1) is 16.9 Å². The lowest BCUT2D eigenvalue weighted by Gasteiger charge is -2.20. The summed E-state index contributed by atoms with van der Waals surface area (Å²) in [5.41, 5.74) is 2.02. The molecule has 0 bridgehead atoms. The van der Waals surface area contributed by atoms with Crippen molar-refractivity contribution in [3.05, 3.63) is 29.4 Å². The summed E-state index contributed by atoms with van der Waals surface area (Å²) in [5.74, 6) is 2.32. The molecule has 2 aromatic rings. The second-order valence-corrected chi connectivity index (χ2v) is 7.13. The number of aryl methyl sites for hydroxylation is 2. The minimum absolute atomic E-state index is 0.214. The quantitative estimate of drug-likeness (QED) is 0.825. The van der Waals surface area contributed by atoms with Gasteiger partial charge in [-0.25, -0.2) is 4.68 Å². The van der Waals surface area contributed by atoms with Gasteiger partial charge >= 0.3 is 0 Å². The van der Waals surface area contributed by atoms with E-state index in [9.17, 15) is 4.79 Å². The van der Waals surface area contributed by atoms with Gasteiger partial charge in [-0.3, -0.25) is 4.79 Å². The first kappa shape index (κ1) is 17.0. The van der Waals surface area contributed by atoms with E-state index < -0.39 is 0 Å². The second-order valence-electron chi connectivity index (χ2n) is 6.14. The lowest BCUT2D eigenvalue weighted by atomic mass is 10.1. The van der Waals surface area contributed by atoms with Gasteiger partial charge in [-0.1, -0.05) is 10.4 Å². The fourth-order valence-electron chi connectivity index (χ4n) is 3.04. The van der Waals surface area contributed by atoms with Gasteiger partial charge in [0.2, 0.25) is 5.91 Å². The number of hydrogen-bond donors (Lipinski definition) is 0. The zero-order valence-electron chi connectivity index (χ0n) is 14.1. The Morgan fingerprint density at radius 2 is 2.25 bits per heavy atom. The van der Waals surface area contributed by atoms with Crippen molar-refractivity contribution in [3.63, 3.8) is 0 Å². The summed E-state index contributed by atoms with van der Waals surface area (Å²) in [6.45, 7) is 5.47. The first-order valence-electron chi connectivity index (χ1n) is 8.28. The maximum atomic E-state index is 12.5. The van der Waals surface area contributed by atoms with E-state index in [2.05, 4.69) is 15.5 Å². The summed E-state index contributed by atoms with van der Waals surface area (Å²) in [5, 5.41) is 11.9. The lowest BCUT2D eigenvalue weighted by molar-refractivity contribution is -0.128. The standard InChI is InChI=1S/C16H23N5O2S/c1-12-15(13(2)23-18-12)10-24-11-16(22)20-7-3-4-14(5-8-20)21-9-6-17-19-21/h6,9,14H,3-5,7-8,10-11H2,1-2H3. The third kappa shape index (κ3) is 3.98. The maximum absolute atomic E-state index is 12.5. The molecule has 1 unspecified atom stereocenters. The Morgan fingerprint density at radius 1 is 1.38 bits per heavy atom. The zero-order chi connectivity index (χ0) is 16.9. The Morgan fingerprint density at radius 3 is 2.96 bits per heavy atom. The Balaban J connectivity index is 1.47. The van der Waals surface area contributed by atoms with Crippen molar-refractivity contribution < 1.29 is 9.32 Å². The Kier molecular flexibility index (Phi) is 5.55. The number of thioether (sulfide) groups is 1. The highest BCUT2D eigenvalue weighted by atomic mass is 32.2. The molecule has 8 heteroatoms. The van der Waals surface area contributed by atoms with Crippen LogP contribution in [0.1, 0.15) is 42.3 Å². The zero-order valence-corrected chi connectivity index (χ0v) is 15.0. The summed E-state index contributed by atoms with van der Waals surface area (Å²) >= 11 is 1.63. The molecule has 1 saturated heterocycles. The number of likely N-dealkylation sites (tertiary alicyclic amines) is 1. The maximum Gasteiger partial charge on any atom is 0.232 e. The Labute approximate surface area is 145 Å². The first-order chi connectivity index (χ1) is 11.6. The van der Waals surface area contributed by atoms with Crippen LogP contribution in [0.4, 0.5) is 0 Å². The molecule has 1 aliphatic heterocycles. The van der Waals surface area contributed by atoms with Crippen molar-refractivity contribution in [3.8, 4) is 0 Å². The highest BCUT2D eigenvalue weighted by Crippen LogP contribution is 2.23. The number of rotatable bonds is 5. The molecule has 0 aromatic carbocycles. The third-order valence-corrected chi connectivity index (χ3v) is 5.46.